The largest absolute Gasteiger partial charge is 0.324 e. The molecule has 5 heteroatoms. The van der Waals surface area contributed by atoms with Gasteiger partial charge >= 0.3 is 0 Å². The van der Waals surface area contributed by atoms with Crippen LogP contribution in [0.2, 0.25) is 0 Å². The summed E-state index contributed by atoms with van der Waals surface area (Å²) in [7, 11) is 0. The molecule has 0 unspecified atom stereocenters. The van der Waals surface area contributed by atoms with E-state index in [0.717, 1.165) is 4.47 Å². The van der Waals surface area contributed by atoms with E-state index in [2.05, 4.69) is 20.9 Å². The van der Waals surface area contributed by atoms with E-state index in [9.17, 15) is 8.78 Å². The van der Waals surface area contributed by atoms with Gasteiger partial charge in [-0.25, -0.2) is 8.78 Å². The van der Waals surface area contributed by atoms with Crippen LogP contribution in [0.5, 0.6) is 0 Å². The van der Waals surface area contributed by atoms with Crippen LogP contribution < -0.4 is 5.73 Å². The Bertz CT molecular complexity index is 281. The number of hydrogen-bond acceptors (Lipinski definition) is 2. The van der Waals surface area contributed by atoms with Crippen molar-refractivity contribution in [3.8, 4) is 0 Å². The maximum absolute atomic E-state index is 12.0. The molecule has 2 N–H and O–H groups in total. The Labute approximate surface area is 83.3 Å². The molecule has 2 nitrogen and oxygen atoms in total. The molecule has 0 fully saturated rings. The monoisotopic (exact) mass is 250 g/mol. The lowest BCUT2D eigenvalue weighted by Crippen LogP contribution is -2.14. The fraction of sp³-hybridized carbons (Fsp3) is 0.375. The lowest BCUT2D eigenvalue weighted by Gasteiger charge is -2.10. The summed E-state index contributed by atoms with van der Waals surface area (Å²) in [5, 5.41) is 0. The SMILES string of the molecule is N[C@@H](CC(F)F)c1cncc(Br)c1. The number of pyridine rings is 1. The first-order valence-corrected chi connectivity index (χ1v) is 4.53. The smallest absolute Gasteiger partial charge is 0.240 e. The molecule has 0 aliphatic carbocycles. The summed E-state index contributed by atoms with van der Waals surface area (Å²) in [5.74, 6) is 0. The Morgan fingerprint density at radius 1 is 1.46 bits per heavy atom. The predicted octanol–water partition coefficient (Wildman–Crippen LogP) is 2.50. The number of rotatable bonds is 3. The van der Waals surface area contributed by atoms with Crippen LogP contribution >= 0.6 is 15.9 Å². The van der Waals surface area contributed by atoms with Crippen molar-refractivity contribution in [1.29, 1.82) is 0 Å². The fourth-order valence-corrected chi connectivity index (χ4v) is 1.34. The lowest BCUT2D eigenvalue weighted by atomic mass is 10.1. The zero-order valence-electron chi connectivity index (χ0n) is 6.75. The van der Waals surface area contributed by atoms with Gasteiger partial charge in [-0.2, -0.15) is 0 Å². The summed E-state index contributed by atoms with van der Waals surface area (Å²) in [6.07, 6.45) is 0.364. The van der Waals surface area contributed by atoms with Gasteiger partial charge in [0, 0.05) is 29.3 Å². The summed E-state index contributed by atoms with van der Waals surface area (Å²) in [6.45, 7) is 0. The van der Waals surface area contributed by atoms with Gasteiger partial charge in [-0.05, 0) is 27.6 Å². The first-order chi connectivity index (χ1) is 6.09. The standard InChI is InChI=1S/C8H9BrF2N2/c9-6-1-5(3-13-4-6)7(12)2-8(10)11/h1,3-4,7-8H,2,12H2/t7-/m0/s1. The molecule has 1 heterocycles. The second kappa shape index (κ2) is 4.62. The molecule has 0 radical (unpaired) electrons. The van der Waals surface area contributed by atoms with E-state index in [4.69, 9.17) is 5.73 Å². The highest BCUT2D eigenvalue weighted by atomic mass is 79.9. The molecule has 0 spiro atoms. The number of halogens is 3. The molecule has 13 heavy (non-hydrogen) atoms. The normalized spacial score (nSPS) is 13.3. The molecule has 0 bridgehead atoms. The second-order valence-corrected chi connectivity index (χ2v) is 3.59. The van der Waals surface area contributed by atoms with Crippen LogP contribution in [0.25, 0.3) is 0 Å². The second-order valence-electron chi connectivity index (χ2n) is 2.67. The van der Waals surface area contributed by atoms with Gasteiger partial charge in [0.1, 0.15) is 0 Å². The van der Waals surface area contributed by atoms with Crippen molar-refractivity contribution in [1.82, 2.24) is 4.98 Å². The highest BCUT2D eigenvalue weighted by molar-refractivity contribution is 9.10. The molecule has 0 amide bonds. The Hall–Kier alpha value is -0.550. The molecule has 72 valence electrons. The first-order valence-electron chi connectivity index (χ1n) is 3.74. The average Bonchev–Trinajstić information content (AvgIpc) is 2.03. The van der Waals surface area contributed by atoms with Crippen LogP contribution in [0.1, 0.15) is 18.0 Å². The number of aromatic nitrogens is 1. The highest BCUT2D eigenvalue weighted by Gasteiger charge is 2.12. The van der Waals surface area contributed by atoms with E-state index < -0.39 is 12.5 Å². The van der Waals surface area contributed by atoms with Gasteiger partial charge in [-0.3, -0.25) is 4.98 Å². The Morgan fingerprint density at radius 3 is 2.69 bits per heavy atom. The molecule has 1 aromatic rings. The quantitative estimate of drug-likeness (QED) is 0.896. The van der Waals surface area contributed by atoms with Crippen molar-refractivity contribution in [2.75, 3.05) is 0 Å². The fourth-order valence-electron chi connectivity index (χ4n) is 0.959. The van der Waals surface area contributed by atoms with E-state index in [0.29, 0.717) is 5.56 Å². The van der Waals surface area contributed by atoms with Crippen LogP contribution in [0, 0.1) is 0 Å². The van der Waals surface area contributed by atoms with Gasteiger partial charge in [-0.1, -0.05) is 0 Å². The molecule has 1 aromatic heterocycles. The Kier molecular flexibility index (Phi) is 3.74. The van der Waals surface area contributed by atoms with E-state index in [-0.39, 0.29) is 6.42 Å². The molecule has 0 aliphatic heterocycles. The zero-order valence-corrected chi connectivity index (χ0v) is 8.34. The third-order valence-corrected chi connectivity index (χ3v) is 2.02. The summed E-state index contributed by atoms with van der Waals surface area (Å²) in [5.41, 5.74) is 6.14. The molecule has 1 atom stereocenters. The van der Waals surface area contributed by atoms with Gasteiger partial charge in [-0.15, -0.1) is 0 Å². The number of hydrogen-bond donors (Lipinski definition) is 1. The Balaban J connectivity index is 2.71. The minimum atomic E-state index is -2.38. The number of nitrogens with two attached hydrogens (primary N) is 1. The average molecular weight is 251 g/mol. The topological polar surface area (TPSA) is 38.9 Å². The summed E-state index contributed by atoms with van der Waals surface area (Å²) in [4.78, 5) is 3.84. The van der Waals surface area contributed by atoms with Crippen molar-refractivity contribution in [3.63, 3.8) is 0 Å². The molecule has 1 rings (SSSR count). The third kappa shape index (κ3) is 3.36. The Morgan fingerprint density at radius 2 is 2.15 bits per heavy atom. The van der Waals surface area contributed by atoms with Crippen LogP contribution in [-0.2, 0) is 0 Å². The van der Waals surface area contributed by atoms with Gasteiger partial charge in [0.15, 0.2) is 0 Å². The summed E-state index contributed by atoms with van der Waals surface area (Å²) >= 11 is 3.19. The number of nitrogens with zero attached hydrogens (tertiary/aromatic N) is 1. The van der Waals surface area contributed by atoms with E-state index in [1.54, 1.807) is 12.3 Å². The van der Waals surface area contributed by atoms with Crippen molar-refractivity contribution in [2.24, 2.45) is 5.73 Å². The van der Waals surface area contributed by atoms with Crippen LogP contribution in [-0.4, -0.2) is 11.4 Å². The van der Waals surface area contributed by atoms with Gasteiger partial charge < -0.3 is 5.73 Å². The van der Waals surface area contributed by atoms with E-state index >= 15 is 0 Å². The maximum Gasteiger partial charge on any atom is 0.240 e. The zero-order chi connectivity index (χ0) is 9.84. The molecule has 0 aliphatic rings. The first kappa shape index (κ1) is 10.5. The maximum atomic E-state index is 12.0. The molecule has 0 saturated carbocycles. The van der Waals surface area contributed by atoms with Gasteiger partial charge in [0.2, 0.25) is 6.43 Å². The predicted molar refractivity (Wildman–Crippen MR) is 49.5 cm³/mol. The number of alkyl halides is 2. The summed E-state index contributed by atoms with van der Waals surface area (Å²) in [6, 6.07) is 1.05. The third-order valence-electron chi connectivity index (χ3n) is 1.59. The van der Waals surface area contributed by atoms with Gasteiger partial charge in [0.05, 0.1) is 0 Å². The molecular formula is C8H9BrF2N2. The van der Waals surface area contributed by atoms with Gasteiger partial charge in [0.25, 0.3) is 0 Å². The summed E-state index contributed by atoms with van der Waals surface area (Å²) < 4.78 is 24.7. The van der Waals surface area contributed by atoms with Crippen LogP contribution in [0.15, 0.2) is 22.9 Å². The van der Waals surface area contributed by atoms with E-state index in [1.807, 2.05) is 0 Å². The van der Waals surface area contributed by atoms with Crippen molar-refractivity contribution in [3.05, 3.63) is 28.5 Å². The van der Waals surface area contributed by atoms with Crippen LogP contribution in [0.4, 0.5) is 8.78 Å². The highest BCUT2D eigenvalue weighted by Crippen LogP contribution is 2.19. The molecule has 0 saturated heterocycles. The molecular weight excluding hydrogens is 242 g/mol. The van der Waals surface area contributed by atoms with Crippen LogP contribution in [0.3, 0.4) is 0 Å². The minimum absolute atomic E-state index is 0.335. The lowest BCUT2D eigenvalue weighted by molar-refractivity contribution is 0.128. The van der Waals surface area contributed by atoms with Crippen molar-refractivity contribution in [2.45, 2.75) is 18.9 Å². The minimum Gasteiger partial charge on any atom is -0.324 e. The van der Waals surface area contributed by atoms with Crippen molar-refractivity contribution >= 4 is 15.9 Å². The molecule has 0 aromatic carbocycles. The van der Waals surface area contributed by atoms with Crippen molar-refractivity contribution < 1.29 is 8.78 Å². The van der Waals surface area contributed by atoms with E-state index in [1.165, 1.54) is 6.20 Å².